The molecule has 0 fully saturated rings. The summed E-state index contributed by atoms with van der Waals surface area (Å²) in [6, 6.07) is 24.3. The molecular formula is C23H16N4OS. The summed E-state index contributed by atoms with van der Waals surface area (Å²) in [5.41, 5.74) is 14.6. The Kier molecular flexibility index (Phi) is 4.04. The Balaban J connectivity index is 1.81. The molecule has 4 N–H and O–H groups in total. The monoisotopic (exact) mass is 396 g/mol. The Morgan fingerprint density at radius 1 is 0.931 bits per heavy atom. The molecule has 0 amide bonds. The van der Waals surface area contributed by atoms with E-state index in [1.165, 1.54) is 0 Å². The maximum Gasteiger partial charge on any atom is 0.228 e. The van der Waals surface area contributed by atoms with Crippen LogP contribution in [-0.2, 0) is 0 Å². The van der Waals surface area contributed by atoms with Crippen LogP contribution in [0.4, 0.5) is 11.5 Å². The van der Waals surface area contributed by atoms with Crippen molar-refractivity contribution in [1.82, 2.24) is 4.98 Å². The van der Waals surface area contributed by atoms with E-state index in [0.717, 1.165) is 27.0 Å². The molecule has 0 saturated carbocycles. The van der Waals surface area contributed by atoms with Gasteiger partial charge in [0.1, 0.15) is 23.2 Å². The van der Waals surface area contributed by atoms with Gasteiger partial charge < -0.3 is 16.2 Å². The highest BCUT2D eigenvalue weighted by Crippen LogP contribution is 2.55. The van der Waals surface area contributed by atoms with E-state index in [9.17, 15) is 5.26 Å². The molecule has 0 bridgehead atoms. The van der Waals surface area contributed by atoms with E-state index in [4.69, 9.17) is 16.2 Å². The van der Waals surface area contributed by atoms with Gasteiger partial charge in [-0.05, 0) is 29.0 Å². The lowest BCUT2D eigenvalue weighted by Crippen LogP contribution is -2.15. The summed E-state index contributed by atoms with van der Waals surface area (Å²) in [6.07, 6.45) is 0. The third-order valence-electron chi connectivity index (χ3n) is 5.04. The molecule has 1 aromatic heterocycles. The topological polar surface area (TPSA) is 98.0 Å². The number of anilines is 2. The fourth-order valence-electron chi connectivity index (χ4n) is 3.70. The van der Waals surface area contributed by atoms with Crippen LogP contribution in [0.5, 0.6) is 11.6 Å². The molecule has 1 aliphatic heterocycles. The van der Waals surface area contributed by atoms with Crippen LogP contribution in [0.15, 0.2) is 71.6 Å². The standard InChI is InChI=1S/C23H16N4OS/c24-12-16-20(25)19-21(29-14-7-2-1-3-8-14)18-15-9-5-4-6-13(15)10-11-17(18)28-23(19)27-22(16)26/h1-11,21H,(H4,25,26,27). The SMILES string of the molecule is N#Cc1c(N)nc2c(c1N)C(Sc1ccccc1)c1c(ccc3ccccc13)O2. The third kappa shape index (κ3) is 2.75. The number of benzene rings is 3. The predicted molar refractivity (Wildman–Crippen MR) is 116 cm³/mol. The van der Waals surface area contributed by atoms with E-state index in [2.05, 4.69) is 35.3 Å². The van der Waals surface area contributed by atoms with Gasteiger partial charge in [-0.1, -0.05) is 48.5 Å². The summed E-state index contributed by atoms with van der Waals surface area (Å²) in [5, 5.41) is 11.5. The van der Waals surface area contributed by atoms with Crippen molar-refractivity contribution in [3.63, 3.8) is 0 Å². The summed E-state index contributed by atoms with van der Waals surface area (Å²) in [6.45, 7) is 0. The van der Waals surface area contributed by atoms with Crippen molar-refractivity contribution >= 4 is 34.0 Å². The zero-order chi connectivity index (χ0) is 20.0. The van der Waals surface area contributed by atoms with Crippen LogP contribution in [0.1, 0.15) is 21.9 Å². The van der Waals surface area contributed by atoms with Crippen LogP contribution in [0.25, 0.3) is 10.8 Å². The highest BCUT2D eigenvalue weighted by Gasteiger charge is 2.34. The number of pyridine rings is 1. The molecular weight excluding hydrogens is 380 g/mol. The van der Waals surface area contributed by atoms with Crippen molar-refractivity contribution in [2.24, 2.45) is 0 Å². The number of nitrogens with two attached hydrogens (primary N) is 2. The second kappa shape index (κ2) is 6.73. The van der Waals surface area contributed by atoms with Crippen LogP contribution in [-0.4, -0.2) is 4.98 Å². The quantitative estimate of drug-likeness (QED) is 0.480. The van der Waals surface area contributed by atoms with Gasteiger partial charge >= 0.3 is 0 Å². The summed E-state index contributed by atoms with van der Waals surface area (Å²) in [5.74, 6) is 1.16. The number of fused-ring (bicyclic) bond motifs is 4. The van der Waals surface area contributed by atoms with Crippen LogP contribution in [0, 0.1) is 11.3 Å². The Labute approximate surface area is 171 Å². The molecule has 1 aliphatic rings. The number of nitrogens with zero attached hydrogens (tertiary/aromatic N) is 2. The molecule has 1 atom stereocenters. The van der Waals surface area contributed by atoms with Crippen LogP contribution >= 0.6 is 11.8 Å². The number of ether oxygens (including phenoxy) is 1. The van der Waals surface area contributed by atoms with Crippen molar-refractivity contribution in [2.45, 2.75) is 10.1 Å². The van der Waals surface area contributed by atoms with Gasteiger partial charge in [0, 0.05) is 10.5 Å². The first-order valence-corrected chi connectivity index (χ1v) is 9.95. The lowest BCUT2D eigenvalue weighted by molar-refractivity contribution is 0.442. The minimum atomic E-state index is -0.192. The maximum absolute atomic E-state index is 9.55. The number of rotatable bonds is 2. The van der Waals surface area contributed by atoms with E-state index >= 15 is 0 Å². The molecule has 0 aliphatic carbocycles. The van der Waals surface area contributed by atoms with Gasteiger partial charge in [-0.2, -0.15) is 10.2 Å². The first-order chi connectivity index (χ1) is 14.2. The highest BCUT2D eigenvalue weighted by molar-refractivity contribution is 7.99. The summed E-state index contributed by atoms with van der Waals surface area (Å²) in [7, 11) is 0. The first-order valence-electron chi connectivity index (χ1n) is 9.07. The molecule has 0 spiro atoms. The molecule has 5 nitrogen and oxygen atoms in total. The first kappa shape index (κ1) is 17.4. The smallest absolute Gasteiger partial charge is 0.228 e. The molecule has 0 radical (unpaired) electrons. The summed E-state index contributed by atoms with van der Waals surface area (Å²) < 4.78 is 6.12. The second-order valence-electron chi connectivity index (χ2n) is 6.73. The number of nitrogen functional groups attached to an aromatic ring is 2. The van der Waals surface area contributed by atoms with E-state index in [0.29, 0.717) is 17.1 Å². The van der Waals surface area contributed by atoms with Gasteiger partial charge in [-0.25, -0.2) is 0 Å². The summed E-state index contributed by atoms with van der Waals surface area (Å²) in [4.78, 5) is 5.44. The Hall–Kier alpha value is -3.69. The van der Waals surface area contributed by atoms with Crippen molar-refractivity contribution in [2.75, 3.05) is 11.5 Å². The summed E-state index contributed by atoms with van der Waals surface area (Å²) >= 11 is 1.65. The average Bonchev–Trinajstić information content (AvgIpc) is 2.74. The molecule has 29 heavy (non-hydrogen) atoms. The number of hydrogen-bond acceptors (Lipinski definition) is 6. The third-order valence-corrected chi connectivity index (χ3v) is 6.29. The lowest BCUT2D eigenvalue weighted by Gasteiger charge is -2.30. The minimum Gasteiger partial charge on any atom is -0.438 e. The molecule has 0 saturated heterocycles. The van der Waals surface area contributed by atoms with Gasteiger partial charge in [-0.15, -0.1) is 11.8 Å². The average molecular weight is 396 g/mol. The Bertz CT molecular complexity index is 1300. The Morgan fingerprint density at radius 3 is 2.48 bits per heavy atom. The van der Waals surface area contributed by atoms with E-state index in [1.807, 2.05) is 42.5 Å². The van der Waals surface area contributed by atoms with Crippen molar-refractivity contribution in [1.29, 1.82) is 5.26 Å². The van der Waals surface area contributed by atoms with Gasteiger partial charge in [0.05, 0.1) is 16.5 Å². The predicted octanol–water partition coefficient (Wildman–Crippen LogP) is 5.26. The number of thioether (sulfide) groups is 1. The van der Waals surface area contributed by atoms with Crippen LogP contribution in [0.3, 0.4) is 0 Å². The van der Waals surface area contributed by atoms with Gasteiger partial charge in [0.2, 0.25) is 5.88 Å². The van der Waals surface area contributed by atoms with Crippen molar-refractivity contribution < 1.29 is 4.74 Å². The molecule has 3 aromatic carbocycles. The second-order valence-corrected chi connectivity index (χ2v) is 7.91. The fraction of sp³-hybridized carbons (Fsp3) is 0.0435. The number of hydrogen-bond donors (Lipinski definition) is 2. The van der Waals surface area contributed by atoms with Crippen LogP contribution < -0.4 is 16.2 Å². The molecule has 2 heterocycles. The number of aromatic nitrogens is 1. The normalized spacial score (nSPS) is 14.5. The molecule has 5 rings (SSSR count). The zero-order valence-corrected chi connectivity index (χ0v) is 16.1. The van der Waals surface area contributed by atoms with Gasteiger partial charge in [-0.3, -0.25) is 0 Å². The molecule has 6 heteroatoms. The van der Waals surface area contributed by atoms with E-state index < -0.39 is 0 Å². The fourth-order valence-corrected chi connectivity index (χ4v) is 4.99. The van der Waals surface area contributed by atoms with E-state index in [-0.39, 0.29) is 16.6 Å². The molecule has 4 aromatic rings. The maximum atomic E-state index is 9.55. The molecule has 1 unspecified atom stereocenters. The largest absolute Gasteiger partial charge is 0.438 e. The van der Waals surface area contributed by atoms with Gasteiger partial charge in [0.15, 0.2) is 0 Å². The Morgan fingerprint density at radius 2 is 1.69 bits per heavy atom. The van der Waals surface area contributed by atoms with Crippen molar-refractivity contribution in [3.05, 3.63) is 83.4 Å². The van der Waals surface area contributed by atoms with E-state index in [1.54, 1.807) is 11.8 Å². The minimum absolute atomic E-state index is 0.0800. The molecule has 140 valence electrons. The highest BCUT2D eigenvalue weighted by atomic mass is 32.2. The van der Waals surface area contributed by atoms with Gasteiger partial charge in [0.25, 0.3) is 0 Å². The zero-order valence-electron chi connectivity index (χ0n) is 15.3. The van der Waals surface area contributed by atoms with Crippen molar-refractivity contribution in [3.8, 4) is 17.7 Å². The number of nitriles is 1. The van der Waals surface area contributed by atoms with Crippen LogP contribution in [0.2, 0.25) is 0 Å². The lowest BCUT2D eigenvalue weighted by atomic mass is 9.94.